The number of aromatic nitrogens is 3. The average Bonchev–Trinajstić information content (AvgIpc) is 3.36. The summed E-state index contributed by atoms with van der Waals surface area (Å²) in [6.07, 6.45) is 2.31. The van der Waals surface area contributed by atoms with Crippen molar-refractivity contribution in [3.8, 4) is 5.75 Å². The van der Waals surface area contributed by atoms with Gasteiger partial charge >= 0.3 is 0 Å². The number of carbonyl (C=O) groups excluding carboxylic acids is 1. The molecule has 3 aromatic heterocycles. The van der Waals surface area contributed by atoms with E-state index in [9.17, 15) is 4.79 Å². The Morgan fingerprint density at radius 1 is 1.18 bits per heavy atom. The van der Waals surface area contributed by atoms with E-state index >= 15 is 0 Å². The van der Waals surface area contributed by atoms with Gasteiger partial charge in [-0.3, -0.25) is 10.1 Å². The van der Waals surface area contributed by atoms with E-state index in [1.807, 2.05) is 32.0 Å². The Balaban J connectivity index is 1.50. The van der Waals surface area contributed by atoms with Gasteiger partial charge < -0.3 is 4.74 Å². The van der Waals surface area contributed by atoms with Crippen molar-refractivity contribution in [1.82, 2.24) is 15.0 Å². The number of hydrogen-bond donors (Lipinski definition) is 1. The van der Waals surface area contributed by atoms with Crippen LogP contribution in [0, 0.1) is 13.8 Å². The smallest absolute Gasteiger partial charge is 0.267 e. The Labute approximate surface area is 169 Å². The molecule has 3 heterocycles. The number of methoxy groups -OCH3 is 1. The molecule has 1 aliphatic rings. The molecule has 4 aromatic rings. The van der Waals surface area contributed by atoms with E-state index in [1.54, 1.807) is 7.11 Å². The highest BCUT2D eigenvalue weighted by Gasteiger charge is 2.28. The largest absolute Gasteiger partial charge is 0.494 e. The molecule has 0 bridgehead atoms. The second kappa shape index (κ2) is 6.49. The fourth-order valence-electron chi connectivity index (χ4n) is 3.40. The maximum atomic E-state index is 13.0. The van der Waals surface area contributed by atoms with Crippen LogP contribution in [0.25, 0.3) is 20.4 Å². The molecule has 1 saturated carbocycles. The maximum Gasteiger partial charge on any atom is 0.267 e. The molecule has 1 aliphatic carbocycles. The number of nitrogens with one attached hydrogen (secondary N) is 1. The van der Waals surface area contributed by atoms with Crippen molar-refractivity contribution in [3.05, 3.63) is 40.2 Å². The number of aryl methyl sites for hydroxylation is 2. The molecule has 1 amide bonds. The van der Waals surface area contributed by atoms with Gasteiger partial charge in [-0.1, -0.05) is 17.4 Å². The quantitative estimate of drug-likeness (QED) is 0.509. The highest BCUT2D eigenvalue weighted by atomic mass is 32.1. The zero-order valence-electron chi connectivity index (χ0n) is 15.7. The van der Waals surface area contributed by atoms with Gasteiger partial charge in [0.2, 0.25) is 0 Å². The van der Waals surface area contributed by atoms with Crippen molar-refractivity contribution in [3.63, 3.8) is 0 Å². The summed E-state index contributed by atoms with van der Waals surface area (Å²) >= 11 is 2.86. The molecular formula is C20H18N4O2S2. The van der Waals surface area contributed by atoms with Crippen molar-refractivity contribution < 1.29 is 9.53 Å². The van der Waals surface area contributed by atoms with Crippen LogP contribution in [0.5, 0.6) is 5.75 Å². The number of para-hydroxylation sites is 1. The molecule has 0 aliphatic heterocycles. The van der Waals surface area contributed by atoms with E-state index in [1.165, 1.54) is 22.7 Å². The first-order chi connectivity index (χ1) is 13.5. The number of thiazole rings is 1. The summed E-state index contributed by atoms with van der Waals surface area (Å²) in [5, 5.41) is 4.49. The summed E-state index contributed by atoms with van der Waals surface area (Å²) in [7, 11) is 1.62. The van der Waals surface area contributed by atoms with E-state index in [0.29, 0.717) is 21.7 Å². The second-order valence-electron chi connectivity index (χ2n) is 6.96. The van der Waals surface area contributed by atoms with Gasteiger partial charge in [0.15, 0.2) is 5.13 Å². The third kappa shape index (κ3) is 2.84. The lowest BCUT2D eigenvalue weighted by molar-refractivity contribution is 0.103. The van der Waals surface area contributed by atoms with Gasteiger partial charge in [-0.2, -0.15) is 0 Å². The minimum absolute atomic E-state index is 0.161. The Hall–Kier alpha value is -2.58. The van der Waals surface area contributed by atoms with Crippen LogP contribution in [-0.2, 0) is 0 Å². The van der Waals surface area contributed by atoms with E-state index in [0.717, 1.165) is 50.4 Å². The summed E-state index contributed by atoms with van der Waals surface area (Å²) in [5.74, 6) is 1.94. The SMILES string of the molecule is COc1cccc2sc(NC(=O)c3sc4nc(C5CC5)nc(C)c4c3C)nc12. The monoisotopic (exact) mass is 410 g/mol. The molecule has 1 N–H and O–H groups in total. The van der Waals surface area contributed by atoms with E-state index in [-0.39, 0.29) is 5.91 Å². The Morgan fingerprint density at radius 3 is 2.75 bits per heavy atom. The lowest BCUT2D eigenvalue weighted by Gasteiger charge is -2.02. The zero-order chi connectivity index (χ0) is 19.4. The zero-order valence-corrected chi connectivity index (χ0v) is 17.3. The van der Waals surface area contributed by atoms with Crippen LogP contribution in [0.3, 0.4) is 0 Å². The van der Waals surface area contributed by atoms with Gasteiger partial charge in [0, 0.05) is 11.3 Å². The summed E-state index contributed by atoms with van der Waals surface area (Å²) in [6.45, 7) is 3.96. The molecule has 6 nitrogen and oxygen atoms in total. The third-order valence-corrected chi connectivity index (χ3v) is 7.08. The number of fused-ring (bicyclic) bond motifs is 2. The number of hydrogen-bond acceptors (Lipinski definition) is 7. The summed E-state index contributed by atoms with van der Waals surface area (Å²) in [4.78, 5) is 28.4. The molecule has 0 unspecified atom stereocenters. The number of carbonyl (C=O) groups is 1. The topological polar surface area (TPSA) is 77.0 Å². The molecule has 8 heteroatoms. The van der Waals surface area contributed by atoms with Crippen molar-refractivity contribution in [2.45, 2.75) is 32.6 Å². The first-order valence-corrected chi connectivity index (χ1v) is 10.7. The molecule has 0 atom stereocenters. The molecule has 28 heavy (non-hydrogen) atoms. The predicted octanol–water partition coefficient (Wildman–Crippen LogP) is 5.06. The summed E-state index contributed by atoms with van der Waals surface area (Å²) in [5.41, 5.74) is 2.63. The second-order valence-corrected chi connectivity index (χ2v) is 8.99. The normalized spacial score (nSPS) is 14.0. The third-order valence-electron chi connectivity index (χ3n) is 4.96. The van der Waals surface area contributed by atoms with Crippen LogP contribution >= 0.6 is 22.7 Å². The highest BCUT2D eigenvalue weighted by molar-refractivity contribution is 7.23. The average molecular weight is 411 g/mol. The van der Waals surface area contributed by atoms with E-state index < -0.39 is 0 Å². The Kier molecular flexibility index (Phi) is 4.06. The summed E-state index contributed by atoms with van der Waals surface area (Å²) in [6, 6.07) is 5.75. The van der Waals surface area contributed by atoms with Crippen molar-refractivity contribution in [2.24, 2.45) is 0 Å². The maximum absolute atomic E-state index is 13.0. The predicted molar refractivity (Wildman–Crippen MR) is 113 cm³/mol. The van der Waals surface area contributed by atoms with Crippen molar-refractivity contribution in [2.75, 3.05) is 12.4 Å². The number of ether oxygens (including phenoxy) is 1. The van der Waals surface area contributed by atoms with Gasteiger partial charge in [0.05, 0.1) is 22.4 Å². The van der Waals surface area contributed by atoms with E-state index in [4.69, 9.17) is 9.72 Å². The number of nitrogens with zero attached hydrogens (tertiary/aromatic N) is 3. The molecular weight excluding hydrogens is 392 g/mol. The standard InChI is InChI=1S/C20H18N4O2S2/c1-9-14-10(2)21-17(11-7-8-11)23-19(14)28-16(9)18(25)24-20-22-15-12(26-3)5-4-6-13(15)27-20/h4-6,11H,7-8H2,1-3H3,(H,22,24,25). The molecule has 5 rings (SSSR count). The van der Waals surface area contributed by atoms with Crippen molar-refractivity contribution in [1.29, 1.82) is 0 Å². The number of amides is 1. The minimum atomic E-state index is -0.161. The van der Waals surface area contributed by atoms with Gasteiger partial charge in [-0.25, -0.2) is 15.0 Å². The van der Waals surface area contributed by atoms with Crippen LogP contribution in [-0.4, -0.2) is 28.0 Å². The van der Waals surface area contributed by atoms with Crippen LogP contribution in [0.2, 0.25) is 0 Å². The van der Waals surface area contributed by atoms with Crippen LogP contribution in [0.1, 0.15) is 45.5 Å². The first kappa shape index (κ1) is 17.5. The minimum Gasteiger partial charge on any atom is -0.494 e. The summed E-state index contributed by atoms with van der Waals surface area (Å²) < 4.78 is 6.33. The number of rotatable bonds is 4. The highest BCUT2D eigenvalue weighted by Crippen LogP contribution is 2.40. The van der Waals surface area contributed by atoms with Crippen LogP contribution < -0.4 is 10.1 Å². The van der Waals surface area contributed by atoms with Gasteiger partial charge in [-0.15, -0.1) is 11.3 Å². The lowest BCUT2D eigenvalue weighted by atomic mass is 10.1. The fourth-order valence-corrected chi connectivity index (χ4v) is 5.41. The first-order valence-electron chi connectivity index (χ1n) is 9.07. The van der Waals surface area contributed by atoms with Gasteiger partial charge in [-0.05, 0) is 44.4 Å². The number of anilines is 1. The Bertz CT molecular complexity index is 1240. The molecule has 0 spiro atoms. The number of thiophene rings is 1. The molecule has 1 aromatic carbocycles. The molecule has 0 radical (unpaired) electrons. The lowest BCUT2D eigenvalue weighted by Crippen LogP contribution is -2.11. The van der Waals surface area contributed by atoms with Crippen LogP contribution in [0.15, 0.2) is 18.2 Å². The van der Waals surface area contributed by atoms with Crippen molar-refractivity contribution >= 4 is 54.1 Å². The number of benzene rings is 1. The molecule has 142 valence electrons. The van der Waals surface area contributed by atoms with E-state index in [2.05, 4.69) is 15.3 Å². The fraction of sp³-hybridized carbons (Fsp3) is 0.300. The Morgan fingerprint density at radius 2 is 2.00 bits per heavy atom. The van der Waals surface area contributed by atoms with Gasteiger partial charge in [0.1, 0.15) is 21.9 Å². The van der Waals surface area contributed by atoms with Gasteiger partial charge in [0.25, 0.3) is 5.91 Å². The van der Waals surface area contributed by atoms with Crippen LogP contribution in [0.4, 0.5) is 5.13 Å². The molecule has 0 saturated heterocycles. The molecule has 1 fully saturated rings.